The van der Waals surface area contributed by atoms with E-state index in [9.17, 15) is 0 Å². The third-order valence-corrected chi connectivity index (χ3v) is 7.25. The van der Waals surface area contributed by atoms with Gasteiger partial charge < -0.3 is 5.32 Å². The molecule has 1 aromatic heterocycles. The Morgan fingerprint density at radius 1 is 1.07 bits per heavy atom. The van der Waals surface area contributed by atoms with E-state index in [1.165, 1.54) is 55.9 Å². The van der Waals surface area contributed by atoms with Gasteiger partial charge in [-0.2, -0.15) is 0 Å². The quantitative estimate of drug-likeness (QED) is 0.523. The lowest BCUT2D eigenvalue weighted by Gasteiger charge is -2.42. The normalized spacial score (nSPS) is 18.3. The molecule has 3 rings (SSSR count). The van der Waals surface area contributed by atoms with Crippen LogP contribution in [0, 0.1) is 11.3 Å². The summed E-state index contributed by atoms with van der Waals surface area (Å²) in [4.78, 5) is 5.02. The van der Waals surface area contributed by atoms with E-state index < -0.39 is 0 Å². The van der Waals surface area contributed by atoms with E-state index >= 15 is 0 Å². The molecule has 1 N–H and O–H groups in total. The molecule has 1 aliphatic carbocycles. The molecule has 1 saturated carbocycles. The van der Waals surface area contributed by atoms with Crippen molar-refractivity contribution >= 4 is 10.9 Å². The van der Waals surface area contributed by atoms with Crippen molar-refractivity contribution in [3.63, 3.8) is 0 Å². The van der Waals surface area contributed by atoms with Crippen molar-refractivity contribution in [2.75, 3.05) is 6.54 Å². The van der Waals surface area contributed by atoms with E-state index in [1.54, 1.807) is 0 Å². The number of hydrogen-bond acceptors (Lipinski definition) is 2. The Hall–Kier alpha value is -1.41. The van der Waals surface area contributed by atoms with Gasteiger partial charge in [0.1, 0.15) is 0 Å². The molecule has 0 radical (unpaired) electrons. The van der Waals surface area contributed by atoms with Crippen LogP contribution in [-0.2, 0) is 12.0 Å². The molecule has 1 heterocycles. The van der Waals surface area contributed by atoms with Gasteiger partial charge in [-0.25, -0.2) is 0 Å². The van der Waals surface area contributed by atoms with Crippen molar-refractivity contribution in [1.29, 1.82) is 0 Å². The number of nitrogens with zero attached hydrogens (tertiary/aromatic N) is 1. The Kier molecular flexibility index (Phi) is 6.81. The average Bonchev–Trinajstić information content (AvgIpc) is 2.70. The van der Waals surface area contributed by atoms with Crippen molar-refractivity contribution in [3.8, 4) is 0 Å². The Bertz CT molecular complexity index is 766. The van der Waals surface area contributed by atoms with E-state index in [2.05, 4.69) is 70.3 Å². The van der Waals surface area contributed by atoms with Crippen molar-refractivity contribution < 1.29 is 0 Å². The standard InChI is InChI=1S/C26H40N2/c1-6-26(16-8-7-9-17-26)20(2)15-18-27-19-22-14-13-21-11-10-12-23(24(21)28-22)25(3,4)5/h10-14,20,27H,6-9,15-19H2,1-5H3. The molecule has 0 bridgehead atoms. The molecule has 1 atom stereocenters. The molecule has 0 spiro atoms. The number of para-hydroxylation sites is 1. The van der Waals surface area contributed by atoms with Gasteiger partial charge in [0, 0.05) is 11.9 Å². The number of benzene rings is 1. The van der Waals surface area contributed by atoms with Crippen molar-refractivity contribution in [2.45, 2.75) is 91.5 Å². The van der Waals surface area contributed by atoms with E-state index in [1.807, 2.05) is 0 Å². The van der Waals surface area contributed by atoms with E-state index in [0.717, 1.165) is 30.2 Å². The monoisotopic (exact) mass is 380 g/mol. The van der Waals surface area contributed by atoms with Crippen LogP contribution in [0.2, 0.25) is 0 Å². The molecule has 0 saturated heterocycles. The van der Waals surface area contributed by atoms with Gasteiger partial charge in [-0.3, -0.25) is 4.98 Å². The van der Waals surface area contributed by atoms with Gasteiger partial charge in [-0.05, 0) is 54.2 Å². The van der Waals surface area contributed by atoms with E-state index in [-0.39, 0.29) is 5.41 Å². The number of aromatic nitrogens is 1. The van der Waals surface area contributed by atoms with Crippen LogP contribution in [0.3, 0.4) is 0 Å². The summed E-state index contributed by atoms with van der Waals surface area (Å²) in [5, 5.41) is 4.92. The highest BCUT2D eigenvalue weighted by atomic mass is 14.9. The van der Waals surface area contributed by atoms with Gasteiger partial charge in [-0.15, -0.1) is 0 Å². The summed E-state index contributed by atoms with van der Waals surface area (Å²) in [6.45, 7) is 13.6. The highest BCUT2D eigenvalue weighted by Crippen LogP contribution is 2.46. The van der Waals surface area contributed by atoms with Crippen molar-refractivity contribution in [2.24, 2.45) is 11.3 Å². The Labute approximate surface area is 172 Å². The molecular weight excluding hydrogens is 340 g/mol. The van der Waals surface area contributed by atoms with E-state index in [4.69, 9.17) is 4.98 Å². The molecule has 1 fully saturated rings. The molecule has 2 heteroatoms. The van der Waals surface area contributed by atoms with Crippen LogP contribution in [-0.4, -0.2) is 11.5 Å². The first-order valence-electron chi connectivity index (χ1n) is 11.5. The molecule has 1 aliphatic rings. The first-order chi connectivity index (χ1) is 13.4. The third kappa shape index (κ3) is 4.76. The minimum Gasteiger partial charge on any atom is -0.311 e. The van der Waals surface area contributed by atoms with Crippen molar-refractivity contribution in [1.82, 2.24) is 10.3 Å². The zero-order valence-corrected chi connectivity index (χ0v) is 18.8. The lowest BCUT2D eigenvalue weighted by molar-refractivity contribution is 0.0947. The fourth-order valence-corrected chi connectivity index (χ4v) is 5.18. The van der Waals surface area contributed by atoms with Gasteiger partial charge in [0.2, 0.25) is 0 Å². The van der Waals surface area contributed by atoms with Crippen molar-refractivity contribution in [3.05, 3.63) is 41.6 Å². The molecule has 154 valence electrons. The van der Waals surface area contributed by atoms with Crippen LogP contribution >= 0.6 is 0 Å². The molecule has 28 heavy (non-hydrogen) atoms. The largest absolute Gasteiger partial charge is 0.311 e. The smallest absolute Gasteiger partial charge is 0.0743 e. The maximum Gasteiger partial charge on any atom is 0.0743 e. The minimum absolute atomic E-state index is 0.114. The molecule has 0 amide bonds. The fourth-order valence-electron chi connectivity index (χ4n) is 5.18. The highest BCUT2D eigenvalue weighted by Gasteiger charge is 2.35. The second-order valence-electron chi connectivity index (χ2n) is 10.1. The lowest BCUT2D eigenvalue weighted by Crippen LogP contribution is -2.32. The Balaban J connectivity index is 1.60. The molecule has 1 aromatic carbocycles. The maximum absolute atomic E-state index is 5.02. The van der Waals surface area contributed by atoms with Crippen LogP contribution in [0.4, 0.5) is 0 Å². The predicted octanol–water partition coefficient (Wildman–Crippen LogP) is 7.01. The predicted molar refractivity (Wildman–Crippen MR) is 122 cm³/mol. The number of nitrogens with one attached hydrogen (secondary N) is 1. The highest BCUT2D eigenvalue weighted by molar-refractivity contribution is 5.82. The second kappa shape index (κ2) is 8.95. The first kappa shape index (κ1) is 21.3. The summed E-state index contributed by atoms with van der Waals surface area (Å²) in [6, 6.07) is 11.0. The fraction of sp³-hybridized carbons (Fsp3) is 0.654. The van der Waals surface area contributed by atoms with Crippen LogP contribution in [0.5, 0.6) is 0 Å². The second-order valence-corrected chi connectivity index (χ2v) is 10.1. The third-order valence-electron chi connectivity index (χ3n) is 7.25. The first-order valence-corrected chi connectivity index (χ1v) is 11.5. The minimum atomic E-state index is 0.114. The van der Waals surface area contributed by atoms with Gasteiger partial charge in [0.05, 0.1) is 11.2 Å². The number of fused-ring (bicyclic) bond motifs is 1. The molecule has 2 aromatic rings. The van der Waals surface area contributed by atoms with Crippen LogP contribution in [0.1, 0.15) is 90.8 Å². The summed E-state index contributed by atoms with van der Waals surface area (Å²) < 4.78 is 0. The molecule has 2 nitrogen and oxygen atoms in total. The molecular formula is C26H40N2. The SMILES string of the molecule is CCC1(C(C)CCNCc2ccc3cccc(C(C)(C)C)c3n2)CCCCC1. The summed E-state index contributed by atoms with van der Waals surface area (Å²) in [5.41, 5.74) is 4.36. The topological polar surface area (TPSA) is 24.9 Å². The average molecular weight is 381 g/mol. The summed E-state index contributed by atoms with van der Waals surface area (Å²) in [6.07, 6.45) is 9.80. The summed E-state index contributed by atoms with van der Waals surface area (Å²) in [7, 11) is 0. The molecule has 1 unspecified atom stereocenters. The number of rotatable bonds is 7. The van der Waals surface area contributed by atoms with Crippen LogP contribution in [0.25, 0.3) is 10.9 Å². The van der Waals surface area contributed by atoms with Gasteiger partial charge in [0.15, 0.2) is 0 Å². The maximum atomic E-state index is 5.02. The number of hydrogen-bond donors (Lipinski definition) is 1. The summed E-state index contributed by atoms with van der Waals surface area (Å²) >= 11 is 0. The van der Waals surface area contributed by atoms with Gasteiger partial charge in [0.25, 0.3) is 0 Å². The van der Waals surface area contributed by atoms with Gasteiger partial charge >= 0.3 is 0 Å². The summed E-state index contributed by atoms with van der Waals surface area (Å²) in [5.74, 6) is 0.808. The Morgan fingerprint density at radius 3 is 2.50 bits per heavy atom. The van der Waals surface area contributed by atoms with E-state index in [0.29, 0.717) is 5.41 Å². The zero-order valence-electron chi connectivity index (χ0n) is 18.8. The number of pyridine rings is 1. The lowest BCUT2D eigenvalue weighted by atomic mass is 9.64. The van der Waals surface area contributed by atoms with Crippen LogP contribution < -0.4 is 5.32 Å². The zero-order chi connectivity index (χ0) is 20.2. The Morgan fingerprint density at radius 2 is 1.82 bits per heavy atom. The van der Waals surface area contributed by atoms with Crippen LogP contribution in [0.15, 0.2) is 30.3 Å². The van der Waals surface area contributed by atoms with Gasteiger partial charge in [-0.1, -0.05) is 84.6 Å². The molecule has 0 aliphatic heterocycles.